The van der Waals surface area contributed by atoms with Crippen LogP contribution in [-0.4, -0.2) is 96.2 Å². The van der Waals surface area contributed by atoms with E-state index in [1.54, 1.807) is 0 Å². The van der Waals surface area contributed by atoms with Gasteiger partial charge in [0.1, 0.15) is 0 Å². The lowest BCUT2D eigenvalue weighted by Crippen LogP contribution is -2.76. The van der Waals surface area contributed by atoms with E-state index >= 15 is 0 Å². The number of hydrogen-bond donors (Lipinski definition) is 1. The van der Waals surface area contributed by atoms with E-state index in [1.807, 2.05) is 0 Å². The van der Waals surface area contributed by atoms with E-state index in [2.05, 4.69) is 0 Å². The molecule has 49 heavy (non-hydrogen) atoms. The molecule has 0 spiro atoms. The molecule has 1 N–H and O–H groups in total. The molecule has 5 nitrogen and oxygen atoms in total. The summed E-state index contributed by atoms with van der Waals surface area (Å²) < 4.78 is 411. The van der Waals surface area contributed by atoms with E-state index in [0.717, 1.165) is 9.47 Å². The van der Waals surface area contributed by atoms with Crippen LogP contribution < -0.4 is 0 Å². The Morgan fingerprint density at radius 1 is 0.306 bits per heavy atom. The lowest BCUT2D eigenvalue weighted by atomic mass is 9.88. The molecule has 0 rings (SSSR count). The van der Waals surface area contributed by atoms with Crippen LogP contribution >= 0.6 is 0 Å². The van der Waals surface area contributed by atoms with Gasteiger partial charge in [-0.2, -0.15) is 136 Å². The summed E-state index contributed by atoms with van der Waals surface area (Å²) in [6.07, 6.45) is -43.0. The molecular weight excluding hydrogens is 831 g/mol. The van der Waals surface area contributed by atoms with Gasteiger partial charge in [-0.05, 0) is 0 Å². The Bertz CT molecular complexity index is 1330. The Kier molecular flexibility index (Phi) is 10.9. The van der Waals surface area contributed by atoms with Gasteiger partial charge >= 0.3 is 93.4 Å². The lowest BCUT2D eigenvalue weighted by molar-refractivity contribution is -0.555. The third-order valence-electron chi connectivity index (χ3n) is 4.99. The van der Waals surface area contributed by atoms with Crippen LogP contribution in [0.4, 0.5) is 127 Å². The van der Waals surface area contributed by atoms with Crippen molar-refractivity contribution in [1.82, 2.24) is 0 Å². The average Bonchev–Trinajstić information content (AvgIpc) is 2.79. The van der Waals surface area contributed by atoms with E-state index in [0.29, 0.717) is 0 Å². The van der Waals surface area contributed by atoms with Gasteiger partial charge in [-0.15, -0.1) is 0 Å². The van der Waals surface area contributed by atoms with Crippen LogP contribution in [0.5, 0.6) is 0 Å². The van der Waals surface area contributed by atoms with E-state index in [9.17, 15) is 136 Å². The summed E-state index contributed by atoms with van der Waals surface area (Å²) in [5.74, 6) is -74.4. The molecule has 0 aliphatic rings. The largest absolute Gasteiger partial charge is 0.460 e. The molecule has 0 amide bonds. The first-order valence-electron chi connectivity index (χ1n) is 9.77. The Balaban J connectivity index is 7.08. The molecule has 0 saturated carbocycles. The van der Waals surface area contributed by atoms with E-state index < -0.39 is 93.4 Å². The summed E-state index contributed by atoms with van der Waals surface area (Å²) in [4.78, 5) is 0. The Labute approximate surface area is 244 Å². The molecule has 0 heterocycles. The molecule has 0 aromatic carbocycles. The zero-order valence-electron chi connectivity index (χ0n) is 20.4. The maximum absolute atomic E-state index is 13.6. The molecule has 0 aliphatic carbocycles. The molecule has 0 aromatic rings. The molecule has 0 atom stereocenters. The summed E-state index contributed by atoms with van der Waals surface area (Å²) in [7, 11) is -8.00. The van der Waals surface area contributed by atoms with Gasteiger partial charge in [0.15, 0.2) is 0 Å². The number of rotatable bonds is 15. The summed E-state index contributed by atoms with van der Waals surface area (Å²) in [6, 6.07) is 0. The molecule has 0 aromatic heterocycles. The van der Waals surface area contributed by atoms with Gasteiger partial charge in [-0.3, -0.25) is 4.55 Å². The second kappa shape index (κ2) is 11.4. The summed E-state index contributed by atoms with van der Waals surface area (Å²) in [5, 5.41) is -7.87. The van der Waals surface area contributed by atoms with Crippen LogP contribution in [0.1, 0.15) is 0 Å². The van der Waals surface area contributed by atoms with Crippen molar-refractivity contribution in [1.29, 1.82) is 0 Å². The van der Waals surface area contributed by atoms with Gasteiger partial charge in [0.2, 0.25) is 0 Å². The highest BCUT2D eigenvalue weighted by atomic mass is 32.2. The number of halogens is 29. The standard InChI is InChI=1S/C14HF29O5S/c15-1(16,2(17,18)4(21,22)6(25,26)9(31,32)33)3(19,20)5(23,24)7(27,28)10(34,35)47-12(38,39)13(40,41)48-11(36,37)8(29,30)14(42,43)49(44,45)46/h(H,44,45,46). The van der Waals surface area contributed by atoms with Gasteiger partial charge in [0.25, 0.3) is 0 Å². The van der Waals surface area contributed by atoms with E-state index in [1.165, 1.54) is 0 Å². The molecule has 0 aliphatic heterocycles. The molecule has 296 valence electrons. The zero-order chi connectivity index (χ0) is 40.9. The van der Waals surface area contributed by atoms with Crippen molar-refractivity contribution in [3.05, 3.63) is 0 Å². The molecular formula is C14HF29O5S. The van der Waals surface area contributed by atoms with Crippen LogP contribution in [0, 0.1) is 0 Å². The predicted molar refractivity (Wildman–Crippen MR) is 84.1 cm³/mol. The van der Waals surface area contributed by atoms with Crippen molar-refractivity contribution in [3.63, 3.8) is 0 Å². The third-order valence-corrected chi connectivity index (χ3v) is 5.90. The summed E-state index contributed by atoms with van der Waals surface area (Å²) in [6.45, 7) is 0. The maximum atomic E-state index is 13.6. The molecule has 0 radical (unpaired) electrons. The van der Waals surface area contributed by atoms with Crippen LogP contribution in [-0.2, 0) is 19.6 Å². The van der Waals surface area contributed by atoms with Crippen LogP contribution in [0.25, 0.3) is 0 Å². The Morgan fingerprint density at radius 2 is 0.510 bits per heavy atom. The van der Waals surface area contributed by atoms with E-state index in [4.69, 9.17) is 4.55 Å². The second-order valence-corrected chi connectivity index (χ2v) is 9.82. The van der Waals surface area contributed by atoms with Gasteiger partial charge in [-0.1, -0.05) is 0 Å². The Morgan fingerprint density at radius 3 is 0.735 bits per heavy atom. The predicted octanol–water partition coefficient (Wildman–Crippen LogP) is 8.52. The first-order chi connectivity index (χ1) is 20.4. The fraction of sp³-hybridized carbons (Fsp3) is 1.00. The first-order valence-corrected chi connectivity index (χ1v) is 11.2. The van der Waals surface area contributed by atoms with Crippen LogP contribution in [0.15, 0.2) is 0 Å². The van der Waals surface area contributed by atoms with Crippen molar-refractivity contribution in [2.45, 2.75) is 83.2 Å². The highest BCUT2D eigenvalue weighted by molar-refractivity contribution is 7.87. The minimum Gasteiger partial charge on any atom is -0.281 e. The highest BCUT2D eigenvalue weighted by Gasteiger charge is 2.97. The van der Waals surface area contributed by atoms with Crippen molar-refractivity contribution >= 4 is 10.1 Å². The van der Waals surface area contributed by atoms with Gasteiger partial charge in [-0.25, -0.2) is 9.47 Å². The van der Waals surface area contributed by atoms with Crippen LogP contribution in [0.3, 0.4) is 0 Å². The van der Waals surface area contributed by atoms with E-state index in [-0.39, 0.29) is 0 Å². The average molecular weight is 832 g/mol. The molecule has 35 heteroatoms. The van der Waals surface area contributed by atoms with Crippen molar-refractivity contribution < 1.29 is 150 Å². The molecule has 0 fully saturated rings. The summed E-state index contributed by atoms with van der Waals surface area (Å²) >= 11 is 0. The minimum absolute atomic E-state index is 0.725. The first kappa shape index (κ1) is 46.8. The van der Waals surface area contributed by atoms with Gasteiger partial charge in [0.05, 0.1) is 0 Å². The SMILES string of the molecule is O=S(=O)(O)C(F)(F)C(F)(F)C(F)(F)OC(F)(F)C(F)(F)OC(F)(F)C(F)(F)C(F)(F)C(F)(F)C(F)(F)C(F)(F)C(F)(F)C(F)(F)C(F)(F)F. The van der Waals surface area contributed by atoms with Crippen molar-refractivity contribution in [2.75, 3.05) is 0 Å². The molecule has 0 saturated heterocycles. The lowest BCUT2D eigenvalue weighted by Gasteiger charge is -2.44. The quantitative estimate of drug-likeness (QED) is 0.133. The number of hydrogen-bond acceptors (Lipinski definition) is 4. The fourth-order valence-corrected chi connectivity index (χ4v) is 2.69. The smallest absolute Gasteiger partial charge is 0.281 e. The van der Waals surface area contributed by atoms with Crippen molar-refractivity contribution in [3.8, 4) is 0 Å². The summed E-state index contributed by atoms with van der Waals surface area (Å²) in [5.41, 5.74) is 0. The van der Waals surface area contributed by atoms with Gasteiger partial charge in [0, 0.05) is 0 Å². The van der Waals surface area contributed by atoms with Crippen LogP contribution in [0.2, 0.25) is 0 Å². The fourth-order valence-electron chi connectivity index (χ4n) is 2.25. The zero-order valence-corrected chi connectivity index (χ0v) is 21.3. The van der Waals surface area contributed by atoms with Crippen molar-refractivity contribution in [2.24, 2.45) is 0 Å². The Hall–Kier alpha value is -2.20. The molecule has 0 unspecified atom stereocenters. The topological polar surface area (TPSA) is 72.8 Å². The highest BCUT2D eigenvalue weighted by Crippen LogP contribution is 2.66. The second-order valence-electron chi connectivity index (χ2n) is 8.36. The maximum Gasteiger partial charge on any atom is 0.460 e. The number of ether oxygens (including phenoxy) is 2. The number of alkyl halides is 29. The monoisotopic (exact) mass is 832 g/mol. The van der Waals surface area contributed by atoms with Gasteiger partial charge < -0.3 is 0 Å². The molecule has 0 bridgehead atoms. The third kappa shape index (κ3) is 6.33. The minimum atomic E-state index is -9.73. The normalized spacial score (nSPS) is 17.1.